The van der Waals surface area contributed by atoms with Crippen LogP contribution in [0.25, 0.3) is 0 Å². The van der Waals surface area contributed by atoms with Crippen molar-refractivity contribution in [2.24, 2.45) is 0 Å². The van der Waals surface area contributed by atoms with Crippen LogP contribution in [0.2, 0.25) is 0 Å². The van der Waals surface area contributed by atoms with Gasteiger partial charge in [-0.1, -0.05) is 6.07 Å². The van der Waals surface area contributed by atoms with Crippen LogP contribution in [0.1, 0.15) is 5.56 Å². The van der Waals surface area contributed by atoms with Crippen LogP contribution < -0.4 is 9.66 Å². The maximum Gasteiger partial charge on any atom is 0.416 e. The van der Waals surface area contributed by atoms with Gasteiger partial charge in [-0.3, -0.25) is 0 Å². The summed E-state index contributed by atoms with van der Waals surface area (Å²) in [5.41, 5.74) is -1.16. The Bertz CT molecular complexity index is 667. The van der Waals surface area contributed by atoms with Crippen LogP contribution in [0.3, 0.4) is 0 Å². The van der Waals surface area contributed by atoms with E-state index in [1.165, 1.54) is 9.66 Å². The Balaban J connectivity index is 3.09. The molecule has 0 amide bonds. The molecular formula is C8H9F3N2O4S2. The lowest BCUT2D eigenvalue weighted by molar-refractivity contribution is -0.137. The first-order valence-electron chi connectivity index (χ1n) is 4.58. The van der Waals surface area contributed by atoms with Gasteiger partial charge in [0.05, 0.1) is 16.7 Å². The van der Waals surface area contributed by atoms with Crippen LogP contribution in [-0.4, -0.2) is 23.1 Å². The molecule has 1 aromatic carbocycles. The Morgan fingerprint density at radius 1 is 1.05 bits per heavy atom. The first kappa shape index (κ1) is 15.9. The number of hydrogen-bond donors (Lipinski definition) is 2. The Hall–Kier alpha value is -1.17. The molecule has 1 aromatic rings. The first-order chi connectivity index (χ1) is 8.42. The molecule has 0 saturated heterocycles. The molecule has 0 aromatic heterocycles. The minimum absolute atomic E-state index is 0.395. The molecule has 2 N–H and O–H groups in total. The zero-order valence-electron chi connectivity index (χ0n) is 9.39. The number of sulfonamides is 2. The monoisotopic (exact) mass is 318 g/mol. The maximum atomic E-state index is 12.4. The van der Waals surface area contributed by atoms with Crippen molar-refractivity contribution in [2.45, 2.75) is 11.1 Å². The van der Waals surface area contributed by atoms with Gasteiger partial charge >= 0.3 is 6.18 Å². The smallest absolute Gasteiger partial charge is 0.211 e. The molecule has 0 atom stereocenters. The molecule has 11 heteroatoms. The summed E-state index contributed by atoms with van der Waals surface area (Å²) in [6.45, 7) is 0. The van der Waals surface area contributed by atoms with Gasteiger partial charge in [-0.2, -0.15) is 13.2 Å². The van der Waals surface area contributed by atoms with Crippen LogP contribution in [0.4, 0.5) is 13.2 Å². The summed E-state index contributed by atoms with van der Waals surface area (Å²) in [5.74, 6) is 0. The average Bonchev–Trinajstić information content (AvgIpc) is 2.25. The molecule has 0 bridgehead atoms. The van der Waals surface area contributed by atoms with Gasteiger partial charge in [-0.15, -0.1) is 9.66 Å². The van der Waals surface area contributed by atoms with Crippen molar-refractivity contribution in [2.75, 3.05) is 6.26 Å². The molecule has 0 unspecified atom stereocenters. The Morgan fingerprint density at radius 2 is 1.63 bits per heavy atom. The zero-order chi connectivity index (χ0) is 14.9. The molecule has 1 rings (SSSR count). The van der Waals surface area contributed by atoms with Crippen molar-refractivity contribution in [3.8, 4) is 0 Å². The molecule has 0 fully saturated rings. The van der Waals surface area contributed by atoms with Crippen LogP contribution in [-0.2, 0) is 26.2 Å². The first-order valence-corrected chi connectivity index (χ1v) is 7.95. The quantitative estimate of drug-likeness (QED) is 0.788. The molecule has 0 aliphatic rings. The second-order valence-corrected chi connectivity index (χ2v) is 6.94. The van der Waals surface area contributed by atoms with Crippen molar-refractivity contribution in [3.63, 3.8) is 0 Å². The third kappa shape index (κ3) is 4.78. The lowest BCUT2D eigenvalue weighted by Gasteiger charge is -2.10. The van der Waals surface area contributed by atoms with Crippen LogP contribution in [0.5, 0.6) is 0 Å². The molecule has 0 aliphatic carbocycles. The number of nitrogens with one attached hydrogen (secondary N) is 2. The summed E-state index contributed by atoms with van der Waals surface area (Å²) in [6.07, 6.45) is -4.02. The molecule has 108 valence electrons. The third-order valence-corrected chi connectivity index (χ3v) is 3.68. The molecule has 0 saturated carbocycles. The van der Waals surface area contributed by atoms with Crippen molar-refractivity contribution in [1.29, 1.82) is 0 Å². The normalized spacial score (nSPS) is 13.5. The average molecular weight is 318 g/mol. The van der Waals surface area contributed by atoms with Crippen LogP contribution >= 0.6 is 0 Å². The molecule has 19 heavy (non-hydrogen) atoms. The Labute approximate surface area is 107 Å². The fourth-order valence-electron chi connectivity index (χ4n) is 1.03. The summed E-state index contributed by atoms with van der Waals surface area (Å²) < 4.78 is 81.8. The summed E-state index contributed by atoms with van der Waals surface area (Å²) in [6, 6.07) is 2.90. The molecule has 0 radical (unpaired) electrons. The summed E-state index contributed by atoms with van der Waals surface area (Å²) >= 11 is 0. The molecule has 0 aliphatic heterocycles. The molecule has 0 heterocycles. The predicted molar refractivity (Wildman–Crippen MR) is 59.7 cm³/mol. The third-order valence-electron chi connectivity index (χ3n) is 1.83. The minimum Gasteiger partial charge on any atom is -0.211 e. The summed E-state index contributed by atoms with van der Waals surface area (Å²) in [7, 11) is -8.28. The van der Waals surface area contributed by atoms with Gasteiger partial charge in [0.2, 0.25) is 10.0 Å². The van der Waals surface area contributed by atoms with Gasteiger partial charge in [-0.25, -0.2) is 16.8 Å². The number of hydrogen-bond acceptors (Lipinski definition) is 4. The van der Waals surface area contributed by atoms with E-state index in [1.54, 1.807) is 0 Å². The van der Waals surface area contributed by atoms with Crippen LogP contribution in [0.15, 0.2) is 29.2 Å². The largest absolute Gasteiger partial charge is 0.416 e. The predicted octanol–water partition coefficient (Wildman–Crippen LogP) is 0.448. The van der Waals surface area contributed by atoms with E-state index in [0.29, 0.717) is 18.4 Å². The lowest BCUT2D eigenvalue weighted by Crippen LogP contribution is -2.40. The van der Waals surface area contributed by atoms with E-state index < -0.39 is 36.7 Å². The maximum absolute atomic E-state index is 12.4. The second-order valence-electron chi connectivity index (χ2n) is 3.51. The van der Waals surface area contributed by atoms with Crippen molar-refractivity contribution < 1.29 is 30.0 Å². The number of alkyl halides is 3. The fraction of sp³-hybridized carbons (Fsp3) is 0.250. The second kappa shape index (κ2) is 5.07. The van der Waals surface area contributed by atoms with Crippen molar-refractivity contribution >= 4 is 20.0 Å². The van der Waals surface area contributed by atoms with Gasteiger partial charge in [0.1, 0.15) is 0 Å². The SMILES string of the molecule is CS(=O)(=O)NNS(=O)(=O)c1cccc(C(F)(F)F)c1. The minimum atomic E-state index is -4.70. The molecule has 0 spiro atoms. The van der Waals surface area contributed by atoms with E-state index in [-0.39, 0.29) is 0 Å². The highest BCUT2D eigenvalue weighted by Crippen LogP contribution is 2.30. The van der Waals surface area contributed by atoms with E-state index in [4.69, 9.17) is 0 Å². The van der Waals surface area contributed by atoms with Crippen LogP contribution in [0, 0.1) is 0 Å². The highest BCUT2D eigenvalue weighted by Gasteiger charge is 2.31. The van der Waals surface area contributed by atoms with E-state index >= 15 is 0 Å². The van der Waals surface area contributed by atoms with Gasteiger partial charge in [0, 0.05) is 0 Å². The van der Waals surface area contributed by atoms with Gasteiger partial charge in [-0.05, 0) is 18.2 Å². The van der Waals surface area contributed by atoms with E-state index in [2.05, 4.69) is 0 Å². The number of hydrazine groups is 1. The Kier molecular flexibility index (Phi) is 4.24. The van der Waals surface area contributed by atoms with E-state index in [1.807, 2.05) is 0 Å². The molecule has 6 nitrogen and oxygen atoms in total. The highest BCUT2D eigenvalue weighted by molar-refractivity contribution is 7.92. The fourth-order valence-corrected chi connectivity index (χ4v) is 2.73. The van der Waals surface area contributed by atoms with Gasteiger partial charge in [0.15, 0.2) is 0 Å². The van der Waals surface area contributed by atoms with Crippen molar-refractivity contribution in [3.05, 3.63) is 29.8 Å². The summed E-state index contributed by atoms with van der Waals surface area (Å²) in [5, 5.41) is 0. The summed E-state index contributed by atoms with van der Waals surface area (Å²) in [4.78, 5) is 2.22. The number of rotatable bonds is 4. The molecular weight excluding hydrogens is 309 g/mol. The number of halogens is 3. The lowest BCUT2D eigenvalue weighted by atomic mass is 10.2. The highest BCUT2D eigenvalue weighted by atomic mass is 32.2. The van der Waals surface area contributed by atoms with Gasteiger partial charge < -0.3 is 0 Å². The standard InChI is InChI=1S/C8H9F3N2O4S2/c1-18(14,15)12-13-19(16,17)7-4-2-3-6(5-7)8(9,10)11/h2-5,12-13H,1H3. The Morgan fingerprint density at radius 3 is 2.11 bits per heavy atom. The van der Waals surface area contributed by atoms with E-state index in [9.17, 15) is 30.0 Å². The van der Waals surface area contributed by atoms with Crippen molar-refractivity contribution in [1.82, 2.24) is 9.66 Å². The van der Waals surface area contributed by atoms with Gasteiger partial charge in [0.25, 0.3) is 10.0 Å². The zero-order valence-corrected chi connectivity index (χ0v) is 11.0. The topological polar surface area (TPSA) is 92.3 Å². The van der Waals surface area contributed by atoms with E-state index in [0.717, 1.165) is 12.1 Å². The number of benzene rings is 1.